The summed E-state index contributed by atoms with van der Waals surface area (Å²) in [5, 5.41) is 3.54. The molecular formula is C23H38N4O. The van der Waals surface area contributed by atoms with Gasteiger partial charge in [-0.25, -0.2) is 0 Å². The van der Waals surface area contributed by atoms with Gasteiger partial charge in [-0.2, -0.15) is 0 Å². The van der Waals surface area contributed by atoms with Crippen molar-refractivity contribution < 1.29 is 4.74 Å². The Balaban J connectivity index is 2.10. The lowest BCUT2D eigenvalue weighted by Crippen LogP contribution is -2.46. The molecule has 1 unspecified atom stereocenters. The van der Waals surface area contributed by atoms with Crippen molar-refractivity contribution in [2.45, 2.75) is 59.9 Å². The molecule has 2 rings (SSSR count). The van der Waals surface area contributed by atoms with Crippen LogP contribution in [0.25, 0.3) is 0 Å². The molecule has 5 nitrogen and oxygen atoms in total. The lowest BCUT2D eigenvalue weighted by molar-refractivity contribution is 0.255. The average molecular weight is 387 g/mol. The first-order valence-corrected chi connectivity index (χ1v) is 10.4. The summed E-state index contributed by atoms with van der Waals surface area (Å²) in [6.45, 7) is 13.7. The number of aliphatic imine (C=N–C) groups is 1. The summed E-state index contributed by atoms with van der Waals surface area (Å²) in [5.74, 6) is 1.82. The first kappa shape index (κ1) is 22.3. The zero-order valence-corrected chi connectivity index (χ0v) is 18.3. The summed E-state index contributed by atoms with van der Waals surface area (Å²) in [6.07, 6.45) is 5.78. The highest BCUT2D eigenvalue weighted by Crippen LogP contribution is 2.21. The second kappa shape index (κ2) is 10.5. The minimum atomic E-state index is -0.00538. The first-order valence-electron chi connectivity index (χ1n) is 10.4. The van der Waals surface area contributed by atoms with Crippen LogP contribution in [0.15, 0.2) is 40.9 Å². The van der Waals surface area contributed by atoms with E-state index in [4.69, 9.17) is 15.5 Å². The van der Waals surface area contributed by atoms with Crippen LogP contribution in [0.4, 0.5) is 5.69 Å². The van der Waals surface area contributed by atoms with E-state index in [2.05, 4.69) is 63.0 Å². The van der Waals surface area contributed by atoms with Crippen LogP contribution in [0.1, 0.15) is 53.9 Å². The molecule has 1 saturated heterocycles. The number of hydrogen-bond donors (Lipinski definition) is 2. The number of likely N-dealkylation sites (tertiary alicyclic amines) is 1. The predicted molar refractivity (Wildman–Crippen MR) is 120 cm³/mol. The number of rotatable bonds is 7. The molecule has 5 heteroatoms. The third-order valence-electron chi connectivity index (χ3n) is 5.14. The summed E-state index contributed by atoms with van der Waals surface area (Å²) in [4.78, 5) is 7.34. The van der Waals surface area contributed by atoms with Gasteiger partial charge >= 0.3 is 0 Å². The summed E-state index contributed by atoms with van der Waals surface area (Å²) in [7, 11) is 0. The highest BCUT2D eigenvalue weighted by Gasteiger charge is 2.23. The molecule has 0 saturated carbocycles. The van der Waals surface area contributed by atoms with Gasteiger partial charge in [0.05, 0.1) is 0 Å². The normalized spacial score (nSPS) is 18.0. The fourth-order valence-electron chi connectivity index (χ4n) is 3.04. The van der Waals surface area contributed by atoms with E-state index < -0.39 is 0 Å². The van der Waals surface area contributed by atoms with Crippen LogP contribution < -0.4 is 15.8 Å². The van der Waals surface area contributed by atoms with Gasteiger partial charge in [0.1, 0.15) is 12.4 Å². The molecule has 1 aliphatic heterocycles. The van der Waals surface area contributed by atoms with E-state index in [1.807, 2.05) is 12.1 Å². The van der Waals surface area contributed by atoms with E-state index in [-0.39, 0.29) is 5.41 Å². The first-order chi connectivity index (χ1) is 13.3. The smallest absolute Gasteiger partial charge is 0.198 e. The van der Waals surface area contributed by atoms with E-state index >= 15 is 0 Å². The molecular weight excluding hydrogens is 348 g/mol. The minimum absolute atomic E-state index is 0.00538. The van der Waals surface area contributed by atoms with Crippen LogP contribution in [0.3, 0.4) is 0 Å². The molecule has 0 spiro atoms. The van der Waals surface area contributed by atoms with Crippen LogP contribution in [0, 0.1) is 5.41 Å². The van der Waals surface area contributed by atoms with Crippen molar-refractivity contribution in [3.05, 3.63) is 35.9 Å². The van der Waals surface area contributed by atoms with Crippen molar-refractivity contribution >= 4 is 11.6 Å². The fourth-order valence-corrected chi connectivity index (χ4v) is 3.04. The molecule has 1 aromatic carbocycles. The van der Waals surface area contributed by atoms with Gasteiger partial charge in [0.2, 0.25) is 0 Å². The van der Waals surface area contributed by atoms with Crippen molar-refractivity contribution in [1.82, 2.24) is 4.90 Å². The number of guanidine groups is 1. The zero-order chi connectivity index (χ0) is 20.6. The number of nitrogens with zero attached hydrogens (tertiary/aromatic N) is 2. The Labute approximate surface area is 171 Å². The Morgan fingerprint density at radius 2 is 2.00 bits per heavy atom. The van der Waals surface area contributed by atoms with Crippen LogP contribution in [-0.2, 0) is 0 Å². The van der Waals surface area contributed by atoms with Gasteiger partial charge in [0.15, 0.2) is 5.96 Å². The second-order valence-electron chi connectivity index (χ2n) is 8.79. The van der Waals surface area contributed by atoms with Crippen molar-refractivity contribution in [2.24, 2.45) is 16.1 Å². The van der Waals surface area contributed by atoms with E-state index in [9.17, 15) is 0 Å². The molecule has 3 N–H and O–H groups in total. The van der Waals surface area contributed by atoms with E-state index in [0.29, 0.717) is 25.7 Å². The van der Waals surface area contributed by atoms with Gasteiger partial charge in [-0.3, -0.25) is 4.99 Å². The highest BCUT2D eigenvalue weighted by molar-refractivity contribution is 5.94. The monoisotopic (exact) mass is 386 g/mol. The second-order valence-corrected chi connectivity index (χ2v) is 8.79. The molecule has 28 heavy (non-hydrogen) atoms. The van der Waals surface area contributed by atoms with Crippen LogP contribution in [0.5, 0.6) is 5.75 Å². The third kappa shape index (κ3) is 7.19. The van der Waals surface area contributed by atoms with E-state index in [0.717, 1.165) is 23.9 Å². The van der Waals surface area contributed by atoms with Crippen molar-refractivity contribution in [3.8, 4) is 5.75 Å². The van der Waals surface area contributed by atoms with Crippen LogP contribution in [-0.4, -0.2) is 43.1 Å². The Bertz CT molecular complexity index is 660. The van der Waals surface area contributed by atoms with Crippen molar-refractivity contribution in [2.75, 3.05) is 31.6 Å². The number of benzene rings is 1. The predicted octanol–water partition coefficient (Wildman–Crippen LogP) is 4.66. The zero-order valence-electron chi connectivity index (χ0n) is 18.3. The lowest BCUT2D eigenvalue weighted by Gasteiger charge is -2.36. The largest absolute Gasteiger partial charge is 0.490 e. The number of allylic oxidation sites excluding steroid dienone is 1. The molecule has 1 heterocycles. The Morgan fingerprint density at radius 3 is 2.61 bits per heavy atom. The third-order valence-corrected chi connectivity index (χ3v) is 5.14. The maximum Gasteiger partial charge on any atom is 0.198 e. The maximum atomic E-state index is 5.90. The van der Waals surface area contributed by atoms with Crippen LogP contribution in [0.2, 0.25) is 0 Å². The van der Waals surface area contributed by atoms with Gasteiger partial charge in [0, 0.05) is 24.8 Å². The molecule has 156 valence electrons. The standard InChI is InChI=1S/C23H38N4O/c1-18(2)13-15-28-21-11-9-20(10-12-21)26-22(25-17-23(4,5)16-24)27-14-7-6-8-19(27)3/h9-13,19H,6-8,14-17,24H2,1-5H3,(H,25,26). The summed E-state index contributed by atoms with van der Waals surface area (Å²) < 4.78 is 5.76. The van der Waals surface area contributed by atoms with E-state index in [1.165, 1.54) is 24.8 Å². The van der Waals surface area contributed by atoms with Gasteiger partial charge in [-0.15, -0.1) is 0 Å². The Hall–Kier alpha value is -2.01. The summed E-state index contributed by atoms with van der Waals surface area (Å²) in [5.41, 5.74) is 8.18. The maximum absolute atomic E-state index is 5.90. The summed E-state index contributed by atoms with van der Waals surface area (Å²) >= 11 is 0. The van der Waals surface area contributed by atoms with Crippen LogP contribution >= 0.6 is 0 Å². The van der Waals surface area contributed by atoms with Crippen molar-refractivity contribution in [3.63, 3.8) is 0 Å². The molecule has 0 amide bonds. The number of nitrogens with two attached hydrogens (primary N) is 1. The minimum Gasteiger partial charge on any atom is -0.490 e. The average Bonchev–Trinajstić information content (AvgIpc) is 2.67. The van der Waals surface area contributed by atoms with Gasteiger partial charge in [-0.1, -0.05) is 19.4 Å². The lowest BCUT2D eigenvalue weighted by atomic mass is 9.94. The number of piperidine rings is 1. The van der Waals surface area contributed by atoms with Gasteiger partial charge < -0.3 is 20.7 Å². The van der Waals surface area contributed by atoms with E-state index in [1.54, 1.807) is 0 Å². The topological polar surface area (TPSA) is 62.9 Å². The molecule has 1 fully saturated rings. The van der Waals surface area contributed by atoms with Crippen molar-refractivity contribution in [1.29, 1.82) is 0 Å². The quantitative estimate of drug-likeness (QED) is 0.406. The number of anilines is 1. The number of nitrogens with one attached hydrogen (secondary N) is 1. The Kier molecular flexibility index (Phi) is 8.36. The Morgan fingerprint density at radius 1 is 1.29 bits per heavy atom. The number of hydrogen-bond acceptors (Lipinski definition) is 3. The molecule has 1 aromatic rings. The molecule has 0 radical (unpaired) electrons. The molecule has 0 aromatic heterocycles. The highest BCUT2D eigenvalue weighted by atomic mass is 16.5. The fraction of sp³-hybridized carbons (Fsp3) is 0.609. The number of ether oxygens (including phenoxy) is 1. The molecule has 1 aliphatic rings. The molecule has 0 bridgehead atoms. The SMILES string of the molecule is CC(C)=CCOc1ccc(NC(=NCC(C)(C)CN)N2CCCCC2C)cc1. The molecule has 1 atom stereocenters. The molecule has 0 aliphatic carbocycles. The summed E-state index contributed by atoms with van der Waals surface area (Å²) in [6, 6.07) is 8.60. The van der Waals surface area contributed by atoms with Gasteiger partial charge in [-0.05, 0) is 82.3 Å². The van der Waals surface area contributed by atoms with Gasteiger partial charge in [0.25, 0.3) is 0 Å².